The third kappa shape index (κ3) is 6.01. The van der Waals surface area contributed by atoms with Crippen LogP contribution in [0.2, 0.25) is 0 Å². The molecule has 1 unspecified atom stereocenters. The van der Waals surface area contributed by atoms with E-state index in [2.05, 4.69) is 37.4 Å². The maximum atomic E-state index is 7.51. The second kappa shape index (κ2) is 8.09. The summed E-state index contributed by atoms with van der Waals surface area (Å²) in [5.74, 6) is 1.13. The Morgan fingerprint density at radius 2 is 2.33 bits per heavy atom. The van der Waals surface area contributed by atoms with E-state index in [-0.39, 0.29) is 6.10 Å². The van der Waals surface area contributed by atoms with E-state index in [0.29, 0.717) is 12.3 Å². The van der Waals surface area contributed by atoms with E-state index in [1.165, 1.54) is 12.0 Å². The summed E-state index contributed by atoms with van der Waals surface area (Å²) in [6, 6.07) is 0. The van der Waals surface area contributed by atoms with Crippen molar-refractivity contribution < 1.29 is 4.74 Å². The third-order valence-corrected chi connectivity index (χ3v) is 2.98. The van der Waals surface area contributed by atoms with E-state index >= 15 is 0 Å². The Morgan fingerprint density at radius 3 is 2.89 bits per heavy atom. The van der Waals surface area contributed by atoms with Gasteiger partial charge in [-0.05, 0) is 30.5 Å². The minimum atomic E-state index is 0.0527. The van der Waals surface area contributed by atoms with Crippen molar-refractivity contribution in [2.75, 3.05) is 13.1 Å². The lowest BCUT2D eigenvalue weighted by molar-refractivity contribution is 0.229. The normalized spacial score (nSPS) is 18.9. The molecule has 0 aromatic rings. The molecule has 0 amide bonds. The van der Waals surface area contributed by atoms with Crippen molar-refractivity contribution in [1.29, 1.82) is 5.41 Å². The summed E-state index contributed by atoms with van der Waals surface area (Å²) in [5, 5.41) is 11.0. The minimum absolute atomic E-state index is 0.0527. The molecule has 0 aliphatic heterocycles. The topological polar surface area (TPSA) is 45.1 Å². The van der Waals surface area contributed by atoms with Crippen LogP contribution >= 0.6 is 0 Å². The van der Waals surface area contributed by atoms with Gasteiger partial charge in [-0.25, -0.2) is 0 Å². The maximum Gasteiger partial charge on any atom is 0.180 e. The first-order chi connectivity index (χ1) is 8.61. The lowest BCUT2D eigenvalue weighted by atomic mass is 10.0. The van der Waals surface area contributed by atoms with E-state index in [4.69, 9.17) is 10.1 Å². The minimum Gasteiger partial charge on any atom is -0.473 e. The van der Waals surface area contributed by atoms with Gasteiger partial charge in [-0.2, -0.15) is 0 Å². The number of hydrogen-bond acceptors (Lipinski definition) is 3. The molecule has 0 fully saturated rings. The first kappa shape index (κ1) is 15.0. The Kier molecular flexibility index (Phi) is 6.73. The van der Waals surface area contributed by atoms with Crippen LogP contribution in [0.5, 0.6) is 0 Å². The predicted molar refractivity (Wildman–Crippen MR) is 77.1 cm³/mol. The van der Waals surface area contributed by atoms with Gasteiger partial charge in [0.15, 0.2) is 5.90 Å². The lowest BCUT2D eigenvalue weighted by Gasteiger charge is -2.18. The van der Waals surface area contributed by atoms with E-state index in [1.54, 1.807) is 0 Å². The van der Waals surface area contributed by atoms with Crippen LogP contribution < -0.4 is 5.32 Å². The zero-order chi connectivity index (χ0) is 13.4. The lowest BCUT2D eigenvalue weighted by Crippen LogP contribution is -2.21. The van der Waals surface area contributed by atoms with Crippen LogP contribution in [-0.2, 0) is 4.74 Å². The number of hydrogen-bond donors (Lipinski definition) is 2. The monoisotopic (exact) mass is 250 g/mol. The van der Waals surface area contributed by atoms with Crippen LogP contribution in [0.15, 0.2) is 23.8 Å². The highest BCUT2D eigenvalue weighted by molar-refractivity contribution is 5.72. The van der Waals surface area contributed by atoms with Gasteiger partial charge in [0.25, 0.3) is 0 Å². The number of nitrogens with one attached hydrogen (secondary N) is 2. The molecule has 0 saturated heterocycles. The summed E-state index contributed by atoms with van der Waals surface area (Å²) in [7, 11) is 0. The average Bonchev–Trinajstić information content (AvgIpc) is 2.36. The van der Waals surface area contributed by atoms with Gasteiger partial charge in [-0.1, -0.05) is 32.9 Å². The molecule has 0 spiro atoms. The van der Waals surface area contributed by atoms with Gasteiger partial charge in [0.1, 0.15) is 6.10 Å². The molecule has 102 valence electrons. The zero-order valence-corrected chi connectivity index (χ0v) is 11.8. The van der Waals surface area contributed by atoms with E-state index < -0.39 is 0 Å². The second-order valence-corrected chi connectivity index (χ2v) is 5.17. The van der Waals surface area contributed by atoms with Gasteiger partial charge in [-0.3, -0.25) is 5.41 Å². The molecule has 0 heterocycles. The van der Waals surface area contributed by atoms with E-state index in [1.807, 2.05) is 6.92 Å². The fourth-order valence-corrected chi connectivity index (χ4v) is 1.75. The molecule has 1 rings (SSSR count). The standard InChI is InChI=1S/C15H26N2O/c1-4-15(16)18-14-7-5-13(6-8-14)11-17-10-9-12(2)3/h5-7,12,14,16-17H,4,8-11H2,1-3H3. The fraction of sp³-hybridized carbons (Fsp3) is 0.667. The highest BCUT2D eigenvalue weighted by Crippen LogP contribution is 2.13. The first-order valence-corrected chi connectivity index (χ1v) is 6.93. The summed E-state index contributed by atoms with van der Waals surface area (Å²) in [6.45, 7) is 8.43. The van der Waals surface area contributed by atoms with E-state index in [0.717, 1.165) is 25.4 Å². The first-order valence-electron chi connectivity index (χ1n) is 6.93. The van der Waals surface area contributed by atoms with Crippen LogP contribution in [0.25, 0.3) is 0 Å². The number of rotatable bonds is 7. The van der Waals surface area contributed by atoms with Gasteiger partial charge in [0.2, 0.25) is 0 Å². The highest BCUT2D eigenvalue weighted by Gasteiger charge is 2.10. The Labute approximate surface area is 111 Å². The molecule has 2 N–H and O–H groups in total. The summed E-state index contributed by atoms with van der Waals surface area (Å²) < 4.78 is 5.48. The SMILES string of the molecule is CCC(=N)OC1C=CC(CNCCC(C)C)=CC1. The highest BCUT2D eigenvalue weighted by atomic mass is 16.5. The summed E-state index contributed by atoms with van der Waals surface area (Å²) in [4.78, 5) is 0. The largest absolute Gasteiger partial charge is 0.473 e. The van der Waals surface area contributed by atoms with Crippen LogP contribution in [0.1, 0.15) is 40.0 Å². The van der Waals surface area contributed by atoms with Crippen molar-refractivity contribution in [2.24, 2.45) is 5.92 Å². The molecule has 3 nitrogen and oxygen atoms in total. The van der Waals surface area contributed by atoms with Crippen LogP contribution in [0.4, 0.5) is 0 Å². The fourth-order valence-electron chi connectivity index (χ4n) is 1.75. The average molecular weight is 250 g/mol. The Hall–Kier alpha value is -1.09. The molecule has 1 aliphatic carbocycles. The Balaban J connectivity index is 2.20. The molecular weight excluding hydrogens is 224 g/mol. The molecule has 18 heavy (non-hydrogen) atoms. The maximum absolute atomic E-state index is 7.51. The summed E-state index contributed by atoms with van der Waals surface area (Å²) in [6.07, 6.45) is 9.18. The van der Waals surface area contributed by atoms with Crippen molar-refractivity contribution >= 4 is 5.90 Å². The predicted octanol–water partition coefficient (Wildman–Crippen LogP) is 3.28. The van der Waals surface area contributed by atoms with Crippen molar-refractivity contribution in [3.63, 3.8) is 0 Å². The number of ether oxygens (including phenoxy) is 1. The molecule has 0 saturated carbocycles. The van der Waals surface area contributed by atoms with Crippen LogP contribution in [0, 0.1) is 11.3 Å². The summed E-state index contributed by atoms with van der Waals surface area (Å²) >= 11 is 0. The smallest absolute Gasteiger partial charge is 0.180 e. The van der Waals surface area contributed by atoms with Crippen molar-refractivity contribution in [2.45, 2.75) is 46.1 Å². The van der Waals surface area contributed by atoms with Crippen molar-refractivity contribution in [1.82, 2.24) is 5.32 Å². The Bertz CT molecular complexity index is 318. The second-order valence-electron chi connectivity index (χ2n) is 5.17. The van der Waals surface area contributed by atoms with Crippen LogP contribution in [0.3, 0.4) is 0 Å². The van der Waals surface area contributed by atoms with Gasteiger partial charge >= 0.3 is 0 Å². The molecule has 1 atom stereocenters. The molecule has 1 aliphatic rings. The molecule has 0 aromatic carbocycles. The van der Waals surface area contributed by atoms with Gasteiger partial charge in [-0.15, -0.1) is 0 Å². The van der Waals surface area contributed by atoms with Gasteiger partial charge < -0.3 is 10.1 Å². The Morgan fingerprint density at radius 1 is 1.56 bits per heavy atom. The molecule has 0 aromatic heterocycles. The molecule has 3 heteroatoms. The van der Waals surface area contributed by atoms with Gasteiger partial charge in [0, 0.05) is 19.4 Å². The molecular formula is C15H26N2O. The van der Waals surface area contributed by atoms with Gasteiger partial charge in [0.05, 0.1) is 0 Å². The van der Waals surface area contributed by atoms with Crippen molar-refractivity contribution in [3.05, 3.63) is 23.8 Å². The summed E-state index contributed by atoms with van der Waals surface area (Å²) in [5.41, 5.74) is 1.32. The van der Waals surface area contributed by atoms with Crippen molar-refractivity contribution in [3.8, 4) is 0 Å². The quantitative estimate of drug-likeness (QED) is 0.414. The van der Waals surface area contributed by atoms with E-state index in [9.17, 15) is 0 Å². The third-order valence-electron chi connectivity index (χ3n) is 2.98. The molecule has 0 bridgehead atoms. The van der Waals surface area contributed by atoms with Crippen LogP contribution in [-0.4, -0.2) is 25.1 Å². The zero-order valence-electron chi connectivity index (χ0n) is 11.8. The molecule has 0 radical (unpaired) electrons.